The summed E-state index contributed by atoms with van der Waals surface area (Å²) in [5.74, 6) is 0.159. The van der Waals surface area contributed by atoms with E-state index in [0.29, 0.717) is 0 Å². The molecular formula is C68H45N. The SMILES string of the molecule is c1ccc(-c2ccc(-n3c4ccc(-c5ccc6c(c5)-c5ccccc5C6c5cccc(-c6ccccc6)c5)cc4c4ccc5c(c43)-c3ccccc3C5(c3ccccc3)c3ccccc3)cc2)cc1. The molecule has 0 bridgehead atoms. The molecule has 0 aliphatic heterocycles. The molecule has 1 atom stereocenters. The maximum Gasteiger partial charge on any atom is 0.0714 e. The molecule has 0 saturated carbocycles. The molecule has 2 aliphatic rings. The topological polar surface area (TPSA) is 4.93 Å². The third-order valence-electron chi connectivity index (χ3n) is 15.2. The molecule has 0 saturated heterocycles. The Balaban J connectivity index is 0.985. The normalized spacial score (nSPS) is 14.1. The highest BCUT2D eigenvalue weighted by Gasteiger charge is 2.47. The molecule has 69 heavy (non-hydrogen) atoms. The van der Waals surface area contributed by atoms with Crippen molar-refractivity contribution in [3.63, 3.8) is 0 Å². The summed E-state index contributed by atoms with van der Waals surface area (Å²) in [6.07, 6.45) is 0. The lowest BCUT2D eigenvalue weighted by Gasteiger charge is -2.33. The van der Waals surface area contributed by atoms with Crippen molar-refractivity contribution in [2.45, 2.75) is 11.3 Å². The van der Waals surface area contributed by atoms with E-state index in [1.165, 1.54) is 116 Å². The fourth-order valence-electron chi connectivity index (χ4n) is 12.2. The molecule has 2 aliphatic carbocycles. The lowest BCUT2D eigenvalue weighted by molar-refractivity contribution is 0.769. The van der Waals surface area contributed by atoms with Crippen molar-refractivity contribution in [3.05, 3.63) is 306 Å². The monoisotopic (exact) mass is 875 g/mol. The van der Waals surface area contributed by atoms with Crippen LogP contribution < -0.4 is 0 Å². The Morgan fingerprint density at radius 3 is 1.58 bits per heavy atom. The second-order valence-corrected chi connectivity index (χ2v) is 18.7. The van der Waals surface area contributed by atoms with Gasteiger partial charge in [-0.15, -0.1) is 0 Å². The highest BCUT2D eigenvalue weighted by atomic mass is 15.0. The Labute approximate surface area is 402 Å². The van der Waals surface area contributed by atoms with Crippen molar-refractivity contribution in [2.75, 3.05) is 0 Å². The second-order valence-electron chi connectivity index (χ2n) is 18.7. The molecular weight excluding hydrogens is 831 g/mol. The average Bonchev–Trinajstić information content (AvgIpc) is 4.06. The van der Waals surface area contributed by atoms with Gasteiger partial charge in [-0.25, -0.2) is 0 Å². The van der Waals surface area contributed by atoms with Crippen LogP contribution in [0.1, 0.15) is 44.9 Å². The van der Waals surface area contributed by atoms with Crippen LogP contribution in [0.3, 0.4) is 0 Å². The molecule has 0 radical (unpaired) electrons. The van der Waals surface area contributed by atoms with E-state index in [1.54, 1.807) is 0 Å². The maximum absolute atomic E-state index is 2.54. The first-order valence-electron chi connectivity index (χ1n) is 24.1. The minimum Gasteiger partial charge on any atom is -0.309 e. The van der Waals surface area contributed by atoms with Crippen molar-refractivity contribution < 1.29 is 0 Å². The van der Waals surface area contributed by atoms with Crippen LogP contribution in [0.2, 0.25) is 0 Å². The minimum atomic E-state index is -0.506. The summed E-state index contributed by atoms with van der Waals surface area (Å²) in [7, 11) is 0. The molecule has 322 valence electrons. The van der Waals surface area contributed by atoms with Crippen LogP contribution in [-0.2, 0) is 5.41 Å². The van der Waals surface area contributed by atoms with E-state index in [0.717, 1.165) is 5.69 Å². The summed E-state index contributed by atoms with van der Waals surface area (Å²) in [6, 6.07) is 99.3. The summed E-state index contributed by atoms with van der Waals surface area (Å²) in [5.41, 5.74) is 24.8. The summed E-state index contributed by atoms with van der Waals surface area (Å²) < 4.78 is 2.54. The predicted octanol–water partition coefficient (Wildman–Crippen LogP) is 17.3. The van der Waals surface area contributed by atoms with Gasteiger partial charge in [0.2, 0.25) is 0 Å². The zero-order valence-corrected chi connectivity index (χ0v) is 37.9. The van der Waals surface area contributed by atoms with Gasteiger partial charge in [0.25, 0.3) is 0 Å². The number of rotatable bonds is 7. The molecule has 1 aromatic heterocycles. The third kappa shape index (κ3) is 5.97. The Kier molecular flexibility index (Phi) is 8.94. The highest BCUT2D eigenvalue weighted by molar-refractivity contribution is 6.17. The molecule has 0 amide bonds. The quantitative estimate of drug-likeness (QED) is 0.150. The van der Waals surface area contributed by atoms with Crippen LogP contribution in [0, 0.1) is 0 Å². The van der Waals surface area contributed by atoms with Gasteiger partial charge in [0.1, 0.15) is 0 Å². The summed E-state index contributed by atoms with van der Waals surface area (Å²) in [6.45, 7) is 0. The molecule has 11 aromatic carbocycles. The van der Waals surface area contributed by atoms with E-state index in [4.69, 9.17) is 0 Å². The lowest BCUT2D eigenvalue weighted by Crippen LogP contribution is -2.28. The Bertz CT molecular complexity index is 3880. The fourth-order valence-corrected chi connectivity index (χ4v) is 12.2. The van der Waals surface area contributed by atoms with E-state index in [-0.39, 0.29) is 5.92 Å². The van der Waals surface area contributed by atoms with Crippen molar-refractivity contribution in [1.29, 1.82) is 0 Å². The number of hydrogen-bond donors (Lipinski definition) is 0. The summed E-state index contributed by atoms with van der Waals surface area (Å²) >= 11 is 0. The fraction of sp³-hybridized carbons (Fsp3) is 0.0294. The standard InChI is InChI=1S/C68H45N/c1-5-18-45(19-6-1)47-32-36-54(37-33-47)69-64-41-35-50(49-34-38-57-60(43-49)55-28-13-14-29-56(55)65(57)51-23-17-22-48(42-51)46-20-7-2-8-21-46)44-61(64)58-39-40-63-66(67(58)69)59-30-15-16-31-62(59)68(63,52-24-9-3-10-25-52)53-26-11-4-12-27-53/h1-44,65H. The molecule has 1 heterocycles. The van der Waals surface area contributed by atoms with E-state index in [2.05, 4.69) is 271 Å². The number of fused-ring (bicyclic) bond motifs is 10. The van der Waals surface area contributed by atoms with Crippen LogP contribution in [0.5, 0.6) is 0 Å². The predicted molar refractivity (Wildman–Crippen MR) is 287 cm³/mol. The van der Waals surface area contributed by atoms with Crippen LogP contribution in [0.15, 0.2) is 267 Å². The van der Waals surface area contributed by atoms with Crippen LogP contribution in [0.4, 0.5) is 0 Å². The van der Waals surface area contributed by atoms with Crippen molar-refractivity contribution in [3.8, 4) is 61.3 Å². The maximum atomic E-state index is 2.54. The van der Waals surface area contributed by atoms with Gasteiger partial charge in [0.05, 0.1) is 16.4 Å². The van der Waals surface area contributed by atoms with Crippen molar-refractivity contribution in [2.24, 2.45) is 0 Å². The smallest absolute Gasteiger partial charge is 0.0714 e. The van der Waals surface area contributed by atoms with E-state index >= 15 is 0 Å². The zero-order chi connectivity index (χ0) is 45.5. The molecule has 0 spiro atoms. The molecule has 0 N–H and O–H groups in total. The van der Waals surface area contributed by atoms with Gasteiger partial charge >= 0.3 is 0 Å². The zero-order valence-electron chi connectivity index (χ0n) is 37.9. The number of aromatic nitrogens is 1. The average molecular weight is 876 g/mol. The molecule has 1 nitrogen and oxygen atoms in total. The second kappa shape index (κ2) is 15.7. The van der Waals surface area contributed by atoms with Gasteiger partial charge in [-0.3, -0.25) is 0 Å². The van der Waals surface area contributed by atoms with Crippen molar-refractivity contribution in [1.82, 2.24) is 4.57 Å². The Hall–Kier alpha value is -8.78. The van der Waals surface area contributed by atoms with Crippen LogP contribution >= 0.6 is 0 Å². The highest BCUT2D eigenvalue weighted by Crippen LogP contribution is 2.59. The van der Waals surface area contributed by atoms with E-state index < -0.39 is 5.41 Å². The Morgan fingerprint density at radius 2 is 0.855 bits per heavy atom. The third-order valence-corrected chi connectivity index (χ3v) is 15.2. The lowest BCUT2D eigenvalue weighted by atomic mass is 9.67. The van der Waals surface area contributed by atoms with Gasteiger partial charge in [-0.2, -0.15) is 0 Å². The van der Waals surface area contributed by atoms with Gasteiger partial charge in [0, 0.05) is 27.9 Å². The number of hydrogen-bond acceptors (Lipinski definition) is 0. The first-order chi connectivity index (χ1) is 34.2. The van der Waals surface area contributed by atoms with Gasteiger partial charge in [-0.1, -0.05) is 237 Å². The van der Waals surface area contributed by atoms with Gasteiger partial charge in [0.15, 0.2) is 0 Å². The van der Waals surface area contributed by atoms with E-state index in [9.17, 15) is 0 Å². The van der Waals surface area contributed by atoms with Gasteiger partial charge < -0.3 is 4.57 Å². The summed E-state index contributed by atoms with van der Waals surface area (Å²) in [4.78, 5) is 0. The molecule has 14 rings (SSSR count). The minimum absolute atomic E-state index is 0.159. The van der Waals surface area contributed by atoms with Gasteiger partial charge in [-0.05, 0) is 119 Å². The number of benzene rings is 11. The van der Waals surface area contributed by atoms with Crippen LogP contribution in [0.25, 0.3) is 83.1 Å². The summed E-state index contributed by atoms with van der Waals surface area (Å²) in [5, 5.41) is 2.48. The largest absolute Gasteiger partial charge is 0.309 e. The molecule has 1 unspecified atom stereocenters. The Morgan fingerprint density at radius 1 is 0.319 bits per heavy atom. The first kappa shape index (κ1) is 39.4. The van der Waals surface area contributed by atoms with Crippen LogP contribution in [-0.4, -0.2) is 4.57 Å². The first-order valence-corrected chi connectivity index (χ1v) is 24.1. The molecule has 1 heteroatoms. The molecule has 12 aromatic rings. The van der Waals surface area contributed by atoms with E-state index in [1.807, 2.05) is 0 Å². The number of nitrogens with zero attached hydrogens (tertiary/aromatic N) is 1. The molecule has 0 fully saturated rings. The van der Waals surface area contributed by atoms with Crippen molar-refractivity contribution >= 4 is 21.8 Å².